The summed E-state index contributed by atoms with van der Waals surface area (Å²) < 4.78 is 6.81. The molecule has 2 aromatic rings. The van der Waals surface area contributed by atoms with Crippen molar-refractivity contribution in [2.45, 2.75) is 37.8 Å². The summed E-state index contributed by atoms with van der Waals surface area (Å²) >= 11 is 1.83. The number of anilines is 1. The molecule has 5 rings (SSSR count). The summed E-state index contributed by atoms with van der Waals surface area (Å²) in [5, 5.41) is 6.79. The molecular weight excluding hydrogens is 408 g/mol. The Bertz CT molecular complexity index is 911. The number of piperazine rings is 1. The Hall–Kier alpha value is -1.83. The predicted molar refractivity (Wildman–Crippen MR) is 127 cm³/mol. The maximum absolute atomic E-state index is 12.3. The lowest BCUT2D eigenvalue weighted by atomic mass is 9.78. The Morgan fingerprint density at radius 3 is 2.71 bits per heavy atom. The van der Waals surface area contributed by atoms with Crippen LogP contribution in [0.5, 0.6) is 0 Å². The monoisotopic (exact) mass is 442 g/mol. The van der Waals surface area contributed by atoms with E-state index in [1.807, 2.05) is 16.2 Å². The van der Waals surface area contributed by atoms with E-state index < -0.39 is 0 Å². The molecule has 0 bridgehead atoms. The number of amides is 2. The Kier molecular flexibility index (Phi) is 5.84. The second-order valence-corrected chi connectivity index (χ2v) is 10.7. The average Bonchev–Trinajstić information content (AvgIpc) is 3.22. The molecule has 0 atom stereocenters. The molecular formula is C24H34N4O2S. The third kappa shape index (κ3) is 4.41. The summed E-state index contributed by atoms with van der Waals surface area (Å²) in [7, 11) is 1.72. The fourth-order valence-corrected chi connectivity index (χ4v) is 6.03. The summed E-state index contributed by atoms with van der Waals surface area (Å²) in [5.74, 6) is 0.753. The molecule has 1 aromatic heterocycles. The molecule has 1 saturated carbocycles. The van der Waals surface area contributed by atoms with E-state index in [-0.39, 0.29) is 11.6 Å². The van der Waals surface area contributed by atoms with Crippen LogP contribution in [0.15, 0.2) is 29.6 Å². The normalized spacial score (nSPS) is 25.9. The third-order valence-corrected chi connectivity index (χ3v) is 8.32. The minimum Gasteiger partial charge on any atom is -0.375 e. The molecule has 2 saturated heterocycles. The van der Waals surface area contributed by atoms with Crippen molar-refractivity contribution in [3.63, 3.8) is 0 Å². The highest BCUT2D eigenvalue weighted by molar-refractivity contribution is 7.17. The predicted octanol–water partition coefficient (Wildman–Crippen LogP) is 3.62. The van der Waals surface area contributed by atoms with Gasteiger partial charge < -0.3 is 19.9 Å². The molecule has 0 spiro atoms. The van der Waals surface area contributed by atoms with Crippen molar-refractivity contribution in [3.05, 3.63) is 29.6 Å². The zero-order valence-electron chi connectivity index (χ0n) is 18.7. The van der Waals surface area contributed by atoms with Crippen LogP contribution in [0.1, 0.15) is 26.2 Å². The van der Waals surface area contributed by atoms with Crippen molar-refractivity contribution in [2.24, 2.45) is 5.92 Å². The highest BCUT2D eigenvalue weighted by Gasteiger charge is 2.42. The van der Waals surface area contributed by atoms with Crippen LogP contribution in [0.4, 0.5) is 10.5 Å². The number of ether oxygens (including phenoxy) is 1. The zero-order valence-corrected chi connectivity index (χ0v) is 19.5. The van der Waals surface area contributed by atoms with Gasteiger partial charge in [0.25, 0.3) is 0 Å². The maximum Gasteiger partial charge on any atom is 0.317 e. The molecule has 2 aliphatic heterocycles. The Balaban J connectivity index is 0.996. The number of likely N-dealkylation sites (tertiary alicyclic amines) is 1. The SMILES string of the molecule is COC1(C)CN(C(=O)N[C@H]2C[C@H](CCN3CCN(c4cccc5sccc45)CC3)C2)C1. The smallest absolute Gasteiger partial charge is 0.317 e. The second kappa shape index (κ2) is 8.60. The molecule has 0 unspecified atom stereocenters. The first kappa shape index (κ1) is 21.0. The van der Waals surface area contributed by atoms with Crippen LogP contribution in [0, 0.1) is 5.92 Å². The van der Waals surface area contributed by atoms with Crippen molar-refractivity contribution in [1.29, 1.82) is 0 Å². The highest BCUT2D eigenvalue weighted by atomic mass is 32.1. The van der Waals surface area contributed by atoms with Crippen molar-refractivity contribution >= 4 is 33.1 Å². The largest absolute Gasteiger partial charge is 0.375 e. The van der Waals surface area contributed by atoms with Gasteiger partial charge in [-0.05, 0) is 62.2 Å². The van der Waals surface area contributed by atoms with Crippen LogP contribution < -0.4 is 10.2 Å². The molecule has 31 heavy (non-hydrogen) atoms. The average molecular weight is 443 g/mol. The molecule has 6 nitrogen and oxygen atoms in total. The second-order valence-electron chi connectivity index (χ2n) is 9.72. The van der Waals surface area contributed by atoms with Crippen molar-refractivity contribution in [1.82, 2.24) is 15.1 Å². The summed E-state index contributed by atoms with van der Waals surface area (Å²) in [6.45, 7) is 9.11. The molecule has 1 aliphatic carbocycles. The van der Waals surface area contributed by atoms with Crippen LogP contribution in [0.25, 0.3) is 10.1 Å². The van der Waals surface area contributed by atoms with Gasteiger partial charge in [-0.1, -0.05) is 6.07 Å². The molecule has 2 amide bonds. The fourth-order valence-electron chi connectivity index (χ4n) is 5.22. The lowest BCUT2D eigenvalue weighted by Gasteiger charge is -2.48. The van der Waals surface area contributed by atoms with Gasteiger partial charge in [0, 0.05) is 55.1 Å². The number of hydrogen-bond acceptors (Lipinski definition) is 5. The quantitative estimate of drug-likeness (QED) is 0.742. The number of rotatable bonds is 6. The number of methoxy groups -OCH3 is 1. The number of urea groups is 1. The molecule has 7 heteroatoms. The zero-order chi connectivity index (χ0) is 21.4. The van der Waals surface area contributed by atoms with E-state index in [1.54, 1.807) is 7.11 Å². The van der Waals surface area contributed by atoms with E-state index in [0.717, 1.165) is 44.9 Å². The van der Waals surface area contributed by atoms with E-state index in [1.165, 1.54) is 28.7 Å². The molecule has 1 N–H and O–H groups in total. The summed E-state index contributed by atoms with van der Waals surface area (Å²) in [4.78, 5) is 19.3. The van der Waals surface area contributed by atoms with Gasteiger partial charge in [0.05, 0.1) is 13.1 Å². The number of benzene rings is 1. The number of nitrogens with zero attached hydrogens (tertiary/aromatic N) is 3. The lowest BCUT2D eigenvalue weighted by Crippen LogP contribution is -2.65. The van der Waals surface area contributed by atoms with Gasteiger partial charge in [0.15, 0.2) is 0 Å². The highest BCUT2D eigenvalue weighted by Crippen LogP contribution is 2.33. The topological polar surface area (TPSA) is 48.1 Å². The number of nitrogens with one attached hydrogen (secondary N) is 1. The third-order valence-electron chi connectivity index (χ3n) is 7.43. The summed E-state index contributed by atoms with van der Waals surface area (Å²) in [6, 6.07) is 9.36. The van der Waals surface area contributed by atoms with Crippen LogP contribution in [-0.4, -0.2) is 80.4 Å². The Morgan fingerprint density at radius 2 is 1.97 bits per heavy atom. The van der Waals surface area contributed by atoms with Gasteiger partial charge in [0.1, 0.15) is 5.60 Å². The Labute approximate surface area is 189 Å². The summed E-state index contributed by atoms with van der Waals surface area (Å²) in [6.07, 6.45) is 3.50. The first-order valence-electron chi connectivity index (χ1n) is 11.6. The molecule has 3 heterocycles. The van der Waals surface area contributed by atoms with Gasteiger partial charge in [-0.15, -0.1) is 11.3 Å². The molecule has 168 valence electrons. The standard InChI is InChI=1S/C24H34N4O2S/c1-24(30-2)16-28(17-24)23(29)25-19-14-18(15-19)6-8-26-9-11-27(12-10-26)21-4-3-5-22-20(21)7-13-31-22/h3-5,7,13,18-19H,6,8-12,14-17H2,1-2H3,(H,25,29)/t18-,19-. The minimum absolute atomic E-state index is 0.0785. The number of carbonyl (C=O) groups excluding carboxylic acids is 1. The first-order valence-corrected chi connectivity index (χ1v) is 12.4. The molecule has 3 aliphatic rings. The van der Waals surface area contributed by atoms with E-state index in [4.69, 9.17) is 4.74 Å². The van der Waals surface area contributed by atoms with Crippen LogP contribution in [-0.2, 0) is 4.74 Å². The first-order chi connectivity index (χ1) is 15.0. The van der Waals surface area contributed by atoms with Gasteiger partial charge in [-0.3, -0.25) is 4.90 Å². The van der Waals surface area contributed by atoms with Gasteiger partial charge in [0.2, 0.25) is 0 Å². The minimum atomic E-state index is -0.153. The van der Waals surface area contributed by atoms with E-state index >= 15 is 0 Å². The van der Waals surface area contributed by atoms with Crippen LogP contribution in [0.2, 0.25) is 0 Å². The number of thiophene rings is 1. The number of fused-ring (bicyclic) bond motifs is 1. The van der Waals surface area contributed by atoms with Crippen molar-refractivity contribution < 1.29 is 9.53 Å². The fraction of sp³-hybridized carbons (Fsp3) is 0.625. The van der Waals surface area contributed by atoms with Gasteiger partial charge in [-0.25, -0.2) is 4.79 Å². The lowest BCUT2D eigenvalue weighted by molar-refractivity contribution is -0.0917. The number of carbonyl (C=O) groups is 1. The molecule has 1 aromatic carbocycles. The van der Waals surface area contributed by atoms with E-state index in [9.17, 15) is 4.79 Å². The van der Waals surface area contributed by atoms with Gasteiger partial charge >= 0.3 is 6.03 Å². The number of hydrogen-bond donors (Lipinski definition) is 1. The van der Waals surface area contributed by atoms with Crippen LogP contribution >= 0.6 is 11.3 Å². The van der Waals surface area contributed by atoms with Gasteiger partial charge in [-0.2, -0.15) is 0 Å². The van der Waals surface area contributed by atoms with E-state index in [0.29, 0.717) is 19.1 Å². The molecule has 0 radical (unpaired) electrons. The Morgan fingerprint density at radius 1 is 1.19 bits per heavy atom. The van der Waals surface area contributed by atoms with Crippen molar-refractivity contribution in [3.8, 4) is 0 Å². The summed E-state index contributed by atoms with van der Waals surface area (Å²) in [5.41, 5.74) is 1.24. The maximum atomic E-state index is 12.3. The van der Waals surface area contributed by atoms with E-state index in [2.05, 4.69) is 51.7 Å². The van der Waals surface area contributed by atoms with Crippen LogP contribution in [0.3, 0.4) is 0 Å². The molecule has 3 fully saturated rings. The van der Waals surface area contributed by atoms with Crippen molar-refractivity contribution in [2.75, 3.05) is 57.8 Å².